The lowest BCUT2D eigenvalue weighted by Crippen LogP contribution is -2.36. The van der Waals surface area contributed by atoms with E-state index in [0.717, 1.165) is 11.3 Å². The molecule has 1 aromatic heterocycles. The Hall–Kier alpha value is -2.21. The number of benzene rings is 1. The molecule has 22 heavy (non-hydrogen) atoms. The molecule has 1 atom stereocenters. The van der Waals surface area contributed by atoms with E-state index < -0.39 is 0 Å². The Kier molecular flexibility index (Phi) is 5.66. The van der Waals surface area contributed by atoms with E-state index in [0.29, 0.717) is 23.2 Å². The van der Waals surface area contributed by atoms with Gasteiger partial charge in [0.05, 0.1) is 33.1 Å². The summed E-state index contributed by atoms with van der Waals surface area (Å²) in [5.41, 5.74) is 1.06. The highest BCUT2D eigenvalue weighted by atomic mass is 32.1. The predicted molar refractivity (Wildman–Crippen MR) is 89.2 cm³/mol. The van der Waals surface area contributed by atoms with Gasteiger partial charge in [-0.25, -0.2) is 0 Å². The van der Waals surface area contributed by atoms with Crippen LogP contribution in [-0.4, -0.2) is 19.3 Å². The molecule has 0 amide bonds. The maximum Gasteiger partial charge on any atom is 0.167 e. The average molecular weight is 320 g/mol. The zero-order chi connectivity index (χ0) is 15.9. The van der Waals surface area contributed by atoms with E-state index in [4.69, 9.17) is 26.1 Å². The van der Waals surface area contributed by atoms with Crippen LogP contribution in [-0.2, 0) is 6.54 Å². The lowest BCUT2D eigenvalue weighted by molar-refractivity contribution is 0.354. The molecule has 0 saturated carbocycles. The largest absolute Gasteiger partial charge is 0.493 e. The SMILES string of the molecule is COc1ccc(C(C)NC(=S)NCc2ccco2)cc1OC. The minimum absolute atomic E-state index is 0.0383. The number of furan rings is 1. The number of hydrogen-bond acceptors (Lipinski definition) is 4. The van der Waals surface area contributed by atoms with Crippen molar-refractivity contribution in [2.75, 3.05) is 14.2 Å². The molecule has 118 valence electrons. The first-order chi connectivity index (χ1) is 10.6. The van der Waals surface area contributed by atoms with Crippen molar-refractivity contribution in [3.05, 3.63) is 47.9 Å². The molecule has 2 N–H and O–H groups in total. The number of nitrogens with one attached hydrogen (secondary N) is 2. The third-order valence-corrected chi connectivity index (χ3v) is 3.52. The molecule has 0 saturated heterocycles. The second kappa shape index (κ2) is 7.70. The van der Waals surface area contributed by atoms with Gasteiger partial charge < -0.3 is 24.5 Å². The van der Waals surface area contributed by atoms with Crippen molar-refractivity contribution in [1.82, 2.24) is 10.6 Å². The second-order valence-electron chi connectivity index (χ2n) is 4.74. The molecule has 1 unspecified atom stereocenters. The highest BCUT2D eigenvalue weighted by Gasteiger charge is 2.11. The van der Waals surface area contributed by atoms with Crippen LogP contribution in [0.2, 0.25) is 0 Å². The molecule has 1 aromatic carbocycles. The van der Waals surface area contributed by atoms with Crippen molar-refractivity contribution in [1.29, 1.82) is 0 Å². The Morgan fingerprint density at radius 1 is 1.23 bits per heavy atom. The third kappa shape index (κ3) is 4.14. The number of methoxy groups -OCH3 is 2. The van der Waals surface area contributed by atoms with Crippen LogP contribution < -0.4 is 20.1 Å². The molecule has 6 heteroatoms. The van der Waals surface area contributed by atoms with Crippen molar-refractivity contribution in [3.8, 4) is 11.5 Å². The number of rotatable bonds is 6. The average Bonchev–Trinajstić information content (AvgIpc) is 3.05. The lowest BCUT2D eigenvalue weighted by atomic mass is 10.1. The van der Waals surface area contributed by atoms with Gasteiger partial charge in [-0.2, -0.15) is 0 Å². The molecule has 0 aliphatic carbocycles. The monoisotopic (exact) mass is 320 g/mol. The minimum atomic E-state index is 0.0383. The first kappa shape index (κ1) is 16.2. The Balaban J connectivity index is 1.93. The van der Waals surface area contributed by atoms with Crippen LogP contribution in [0.1, 0.15) is 24.3 Å². The van der Waals surface area contributed by atoms with E-state index in [2.05, 4.69) is 10.6 Å². The molecule has 0 aliphatic heterocycles. The van der Waals surface area contributed by atoms with Gasteiger partial charge in [0.2, 0.25) is 0 Å². The van der Waals surface area contributed by atoms with E-state index in [1.807, 2.05) is 37.3 Å². The third-order valence-electron chi connectivity index (χ3n) is 3.26. The summed E-state index contributed by atoms with van der Waals surface area (Å²) in [6.45, 7) is 2.58. The summed E-state index contributed by atoms with van der Waals surface area (Å²) in [6.07, 6.45) is 1.64. The van der Waals surface area contributed by atoms with Crippen molar-refractivity contribution in [3.63, 3.8) is 0 Å². The smallest absolute Gasteiger partial charge is 0.167 e. The second-order valence-corrected chi connectivity index (χ2v) is 5.15. The van der Waals surface area contributed by atoms with Crippen molar-refractivity contribution < 1.29 is 13.9 Å². The molecule has 2 rings (SSSR count). The van der Waals surface area contributed by atoms with E-state index in [-0.39, 0.29) is 6.04 Å². The van der Waals surface area contributed by atoms with Gasteiger partial charge in [0.25, 0.3) is 0 Å². The standard InChI is InChI=1S/C16H20N2O3S/c1-11(12-6-7-14(19-2)15(9-12)20-3)18-16(22)17-10-13-5-4-8-21-13/h4-9,11H,10H2,1-3H3,(H2,17,18,22). The first-order valence-electron chi connectivity index (χ1n) is 6.92. The van der Waals surface area contributed by atoms with Crippen molar-refractivity contribution >= 4 is 17.3 Å². The molecular formula is C16H20N2O3S. The van der Waals surface area contributed by atoms with Crippen LogP contribution >= 0.6 is 12.2 Å². The molecular weight excluding hydrogens is 300 g/mol. The van der Waals surface area contributed by atoms with E-state index in [9.17, 15) is 0 Å². The Morgan fingerprint density at radius 3 is 2.64 bits per heavy atom. The van der Waals surface area contributed by atoms with Crippen LogP contribution in [0.5, 0.6) is 11.5 Å². The fraction of sp³-hybridized carbons (Fsp3) is 0.312. The highest BCUT2D eigenvalue weighted by molar-refractivity contribution is 7.80. The topological polar surface area (TPSA) is 55.7 Å². The number of hydrogen-bond donors (Lipinski definition) is 2. The first-order valence-corrected chi connectivity index (χ1v) is 7.33. The number of thiocarbonyl (C=S) groups is 1. The predicted octanol–water partition coefficient (Wildman–Crippen LogP) is 3.02. The molecule has 0 aliphatic rings. The fourth-order valence-corrected chi connectivity index (χ4v) is 2.28. The maximum absolute atomic E-state index is 5.31. The van der Waals surface area contributed by atoms with Gasteiger partial charge in [0, 0.05) is 0 Å². The lowest BCUT2D eigenvalue weighted by Gasteiger charge is -2.18. The van der Waals surface area contributed by atoms with Crippen LogP contribution in [0.4, 0.5) is 0 Å². The maximum atomic E-state index is 5.31. The molecule has 0 radical (unpaired) electrons. The Labute approximate surface area is 135 Å². The fourth-order valence-electron chi connectivity index (χ4n) is 2.03. The van der Waals surface area contributed by atoms with Gasteiger partial charge in [-0.3, -0.25) is 0 Å². The molecule has 0 bridgehead atoms. The quantitative estimate of drug-likeness (QED) is 0.798. The molecule has 5 nitrogen and oxygen atoms in total. The van der Waals surface area contributed by atoms with Crippen molar-refractivity contribution in [2.45, 2.75) is 19.5 Å². The molecule has 1 heterocycles. The van der Waals surface area contributed by atoms with Gasteiger partial charge in [0.1, 0.15) is 5.76 Å². The summed E-state index contributed by atoms with van der Waals surface area (Å²) >= 11 is 5.29. The van der Waals surface area contributed by atoms with Gasteiger partial charge in [-0.15, -0.1) is 0 Å². The van der Waals surface area contributed by atoms with Gasteiger partial charge in [0.15, 0.2) is 16.6 Å². The Morgan fingerprint density at radius 2 is 2.00 bits per heavy atom. The summed E-state index contributed by atoms with van der Waals surface area (Å²) in [5, 5.41) is 6.91. The summed E-state index contributed by atoms with van der Waals surface area (Å²) < 4.78 is 15.8. The number of ether oxygens (including phenoxy) is 2. The zero-order valence-corrected chi connectivity index (χ0v) is 13.7. The van der Waals surface area contributed by atoms with Gasteiger partial charge in [-0.05, 0) is 49.0 Å². The molecule has 2 aromatic rings. The van der Waals surface area contributed by atoms with Crippen LogP contribution in [0, 0.1) is 0 Å². The van der Waals surface area contributed by atoms with Crippen molar-refractivity contribution in [2.24, 2.45) is 0 Å². The van der Waals surface area contributed by atoms with E-state index in [1.54, 1.807) is 20.5 Å². The summed E-state index contributed by atoms with van der Waals surface area (Å²) in [5.74, 6) is 2.24. The van der Waals surface area contributed by atoms with Crippen LogP contribution in [0.25, 0.3) is 0 Å². The van der Waals surface area contributed by atoms with E-state index >= 15 is 0 Å². The van der Waals surface area contributed by atoms with E-state index in [1.165, 1.54) is 0 Å². The summed E-state index contributed by atoms with van der Waals surface area (Å²) in [6, 6.07) is 9.58. The summed E-state index contributed by atoms with van der Waals surface area (Å²) in [7, 11) is 3.24. The zero-order valence-electron chi connectivity index (χ0n) is 12.9. The molecule has 0 fully saturated rings. The van der Waals surface area contributed by atoms with Crippen LogP contribution in [0.3, 0.4) is 0 Å². The normalized spacial score (nSPS) is 11.6. The highest BCUT2D eigenvalue weighted by Crippen LogP contribution is 2.29. The van der Waals surface area contributed by atoms with Gasteiger partial charge >= 0.3 is 0 Å². The minimum Gasteiger partial charge on any atom is -0.493 e. The Bertz CT molecular complexity index is 614. The van der Waals surface area contributed by atoms with Gasteiger partial charge in [-0.1, -0.05) is 6.07 Å². The molecule has 0 spiro atoms. The summed E-state index contributed by atoms with van der Waals surface area (Å²) in [4.78, 5) is 0. The van der Waals surface area contributed by atoms with Crippen LogP contribution in [0.15, 0.2) is 41.0 Å².